The maximum absolute atomic E-state index is 13.5. The average Bonchev–Trinajstić information content (AvgIpc) is 2.90. The summed E-state index contributed by atoms with van der Waals surface area (Å²) in [5.74, 6) is -0.613. The Labute approximate surface area is 250 Å². The summed E-state index contributed by atoms with van der Waals surface area (Å²) in [4.78, 5) is 8.32. The van der Waals surface area contributed by atoms with E-state index >= 15 is 0 Å². The van der Waals surface area contributed by atoms with Crippen LogP contribution < -0.4 is 15.4 Å². The van der Waals surface area contributed by atoms with Gasteiger partial charge in [0.1, 0.15) is 0 Å². The van der Waals surface area contributed by atoms with Crippen molar-refractivity contribution in [2.24, 2.45) is 5.92 Å². The first-order chi connectivity index (χ1) is 19.6. The van der Waals surface area contributed by atoms with E-state index in [2.05, 4.69) is 27.3 Å². The van der Waals surface area contributed by atoms with Crippen LogP contribution in [0.25, 0.3) is 0 Å². The van der Waals surface area contributed by atoms with Gasteiger partial charge in [-0.3, -0.25) is 0 Å². The van der Waals surface area contributed by atoms with Gasteiger partial charge in [0, 0.05) is 54.7 Å². The first-order valence-corrected chi connectivity index (χ1v) is 16.1. The van der Waals surface area contributed by atoms with E-state index in [9.17, 15) is 48.3 Å². The molecule has 4 N–H and O–H groups in total. The number of alkyl halides is 6. The Hall–Kier alpha value is -2.39. The number of aliphatic hydroxyl groups is 1. The maximum Gasteiger partial charge on any atom is 0.430 e. The molecule has 0 spiro atoms. The minimum Gasteiger partial charge on any atom is -0.399 e. The molecule has 0 radical (unpaired) electrons. The number of hydrogen-bond donors (Lipinski definition) is 4. The molecule has 0 aliphatic carbocycles. The Morgan fingerprint density at radius 1 is 1.07 bits per heavy atom. The van der Waals surface area contributed by atoms with Crippen LogP contribution in [0.15, 0.2) is 40.4 Å². The molecule has 1 aromatic heterocycles. The second-order valence-electron chi connectivity index (χ2n) is 10.3. The number of thiol groups is 1. The van der Waals surface area contributed by atoms with E-state index in [1.165, 1.54) is 23.1 Å². The molecule has 20 heteroatoms. The van der Waals surface area contributed by atoms with Crippen molar-refractivity contribution in [3.63, 3.8) is 0 Å². The summed E-state index contributed by atoms with van der Waals surface area (Å²) in [6, 6.07) is 2.95. The molecular weight excluding hydrogens is 650 g/mol. The van der Waals surface area contributed by atoms with E-state index < -0.39 is 62.1 Å². The standard InChI is InChI=1S/C23H30F6N6O5S3/c1-14(2)5-8-42(37,38)33-12-17-13-34(43(39,40)19-9-16(30)3-4-18(19)41)6-7-35(17)20-31-10-15(11-32-20)21(36,22(24,25)26)23(27,28)29/h3-4,9-11,14,17,33,36,41H,5-8,12-13,30H2,1-2H3/t17-/m0/s1. The van der Waals surface area contributed by atoms with Crippen LogP contribution in [0.2, 0.25) is 0 Å². The van der Waals surface area contributed by atoms with Crippen molar-refractivity contribution in [2.75, 3.05) is 42.6 Å². The van der Waals surface area contributed by atoms with Crippen LogP contribution in [0, 0.1) is 5.92 Å². The number of benzene rings is 1. The molecule has 0 unspecified atom stereocenters. The van der Waals surface area contributed by atoms with E-state index in [1.54, 1.807) is 0 Å². The number of aromatic nitrogens is 2. The molecule has 0 amide bonds. The number of anilines is 2. The van der Waals surface area contributed by atoms with Gasteiger partial charge in [-0.15, -0.1) is 12.6 Å². The van der Waals surface area contributed by atoms with Gasteiger partial charge in [-0.05, 0) is 30.5 Å². The van der Waals surface area contributed by atoms with Gasteiger partial charge in [0.2, 0.25) is 26.0 Å². The highest BCUT2D eigenvalue weighted by Gasteiger charge is 2.71. The van der Waals surface area contributed by atoms with Crippen LogP contribution in [0.5, 0.6) is 0 Å². The van der Waals surface area contributed by atoms with E-state index in [1.807, 2.05) is 13.8 Å². The summed E-state index contributed by atoms with van der Waals surface area (Å²) in [7, 11) is -8.09. The van der Waals surface area contributed by atoms with Crippen molar-refractivity contribution < 1.29 is 48.3 Å². The zero-order chi connectivity index (χ0) is 32.6. The molecule has 2 aromatic rings. The third kappa shape index (κ3) is 7.64. The molecule has 2 heterocycles. The molecule has 1 saturated heterocycles. The van der Waals surface area contributed by atoms with E-state index in [0.29, 0.717) is 6.42 Å². The molecule has 0 bridgehead atoms. The number of nitrogens with zero attached hydrogens (tertiary/aromatic N) is 4. The van der Waals surface area contributed by atoms with Crippen molar-refractivity contribution in [3.8, 4) is 0 Å². The Kier molecular flexibility index (Phi) is 10.2. The molecule has 1 fully saturated rings. The number of nitrogens with two attached hydrogens (primary N) is 1. The minimum absolute atomic E-state index is 0.0519. The summed E-state index contributed by atoms with van der Waals surface area (Å²) < 4.78 is 135. The first-order valence-electron chi connectivity index (χ1n) is 12.6. The highest BCUT2D eigenvalue weighted by molar-refractivity contribution is 7.90. The van der Waals surface area contributed by atoms with Gasteiger partial charge in [-0.1, -0.05) is 13.8 Å². The highest BCUT2D eigenvalue weighted by Crippen LogP contribution is 2.49. The number of rotatable bonds is 10. The van der Waals surface area contributed by atoms with Gasteiger partial charge >= 0.3 is 12.4 Å². The fourth-order valence-corrected chi connectivity index (χ4v) is 7.63. The number of halogens is 6. The summed E-state index contributed by atoms with van der Waals surface area (Å²) >= 11 is 4.18. The Morgan fingerprint density at radius 2 is 1.65 bits per heavy atom. The van der Waals surface area contributed by atoms with Gasteiger partial charge < -0.3 is 15.7 Å². The van der Waals surface area contributed by atoms with Crippen molar-refractivity contribution >= 4 is 44.3 Å². The predicted molar refractivity (Wildman–Crippen MR) is 147 cm³/mol. The van der Waals surface area contributed by atoms with Crippen molar-refractivity contribution in [3.05, 3.63) is 36.2 Å². The van der Waals surface area contributed by atoms with Gasteiger partial charge in [0.05, 0.1) is 16.7 Å². The van der Waals surface area contributed by atoms with Crippen molar-refractivity contribution in [2.45, 2.75) is 54.1 Å². The average molecular weight is 681 g/mol. The lowest BCUT2D eigenvalue weighted by Gasteiger charge is -2.41. The third-order valence-electron chi connectivity index (χ3n) is 6.68. The van der Waals surface area contributed by atoms with Gasteiger partial charge in [0.25, 0.3) is 5.60 Å². The topological polar surface area (TPSA) is 159 Å². The highest BCUT2D eigenvalue weighted by atomic mass is 32.2. The summed E-state index contributed by atoms with van der Waals surface area (Å²) in [5, 5.41) is 9.64. The fraction of sp³-hybridized carbons (Fsp3) is 0.565. The zero-order valence-electron chi connectivity index (χ0n) is 22.8. The first kappa shape index (κ1) is 35.1. The number of hydrogen-bond acceptors (Lipinski definition) is 10. The molecule has 43 heavy (non-hydrogen) atoms. The van der Waals surface area contributed by atoms with Crippen LogP contribution in [-0.4, -0.2) is 86.5 Å². The SMILES string of the molecule is CC(C)CCS(=O)(=O)NC[C@H]1CN(S(=O)(=O)c2cc(N)ccc2S)CCN1c1ncc(C(O)(C(F)(F)F)C(F)(F)F)cn1. The Balaban J connectivity index is 1.97. The molecule has 11 nitrogen and oxygen atoms in total. The lowest BCUT2D eigenvalue weighted by Crippen LogP contribution is -2.59. The second-order valence-corrected chi connectivity index (χ2v) is 14.6. The number of sulfonamides is 2. The predicted octanol–water partition coefficient (Wildman–Crippen LogP) is 2.50. The monoisotopic (exact) mass is 680 g/mol. The normalized spacial score (nSPS) is 17.9. The number of nitrogens with one attached hydrogen (secondary N) is 1. The number of nitrogen functional groups attached to an aromatic ring is 1. The largest absolute Gasteiger partial charge is 0.430 e. The molecular formula is C23H30F6N6O5S3. The van der Waals surface area contributed by atoms with Crippen LogP contribution in [0.4, 0.5) is 38.0 Å². The molecule has 1 aromatic carbocycles. The number of piperazine rings is 1. The lowest BCUT2D eigenvalue weighted by atomic mass is 9.95. The summed E-state index contributed by atoms with van der Waals surface area (Å²) in [6.45, 7) is 2.36. The molecule has 0 saturated carbocycles. The maximum atomic E-state index is 13.5. The van der Waals surface area contributed by atoms with Crippen molar-refractivity contribution in [1.82, 2.24) is 19.0 Å². The van der Waals surface area contributed by atoms with E-state index in [4.69, 9.17) is 5.73 Å². The Morgan fingerprint density at radius 3 is 2.19 bits per heavy atom. The van der Waals surface area contributed by atoms with Gasteiger partial charge in [-0.2, -0.15) is 30.6 Å². The zero-order valence-corrected chi connectivity index (χ0v) is 25.3. The van der Waals surface area contributed by atoms with E-state index in [0.717, 1.165) is 4.31 Å². The lowest BCUT2D eigenvalue weighted by molar-refractivity contribution is -0.376. The van der Waals surface area contributed by atoms with Gasteiger partial charge in [0.15, 0.2) is 0 Å². The van der Waals surface area contributed by atoms with Crippen molar-refractivity contribution in [1.29, 1.82) is 0 Å². The minimum atomic E-state index is -6.15. The molecule has 1 atom stereocenters. The molecule has 3 rings (SSSR count). The molecule has 1 aliphatic heterocycles. The molecule has 242 valence electrons. The third-order valence-corrected chi connectivity index (χ3v) is 10.5. The van der Waals surface area contributed by atoms with Crippen LogP contribution >= 0.6 is 12.6 Å². The molecule has 1 aliphatic rings. The second kappa shape index (κ2) is 12.5. The smallest absolute Gasteiger partial charge is 0.399 e. The van der Waals surface area contributed by atoms with E-state index in [-0.39, 0.29) is 59.2 Å². The van der Waals surface area contributed by atoms with Crippen LogP contribution in [0.3, 0.4) is 0 Å². The fourth-order valence-electron chi connectivity index (χ4n) is 4.19. The Bertz CT molecular complexity index is 1490. The summed E-state index contributed by atoms with van der Waals surface area (Å²) in [6.07, 6.45) is -11.7. The van der Waals surface area contributed by atoms with Crippen LogP contribution in [0.1, 0.15) is 25.8 Å². The quantitative estimate of drug-likeness (QED) is 0.168. The summed E-state index contributed by atoms with van der Waals surface area (Å²) in [5.41, 5.74) is -1.06. The van der Waals surface area contributed by atoms with Crippen LogP contribution in [-0.2, 0) is 25.6 Å². The van der Waals surface area contributed by atoms with Gasteiger partial charge in [-0.25, -0.2) is 31.5 Å².